The number of carbonyl (C=O) groups excluding carboxylic acids is 1. The van der Waals surface area contributed by atoms with E-state index in [2.05, 4.69) is 0 Å². The van der Waals surface area contributed by atoms with Crippen LogP contribution in [0.15, 0.2) is 48.5 Å². The molecule has 0 N–H and O–H groups in total. The Hall–Kier alpha value is -1.65. The van der Waals surface area contributed by atoms with Crippen LogP contribution in [-0.2, 0) is 4.79 Å². The number of hydrogen-bond acceptors (Lipinski definition) is 3. The summed E-state index contributed by atoms with van der Waals surface area (Å²) < 4.78 is 5.42. The van der Waals surface area contributed by atoms with Crippen molar-refractivity contribution in [2.24, 2.45) is 0 Å². The van der Waals surface area contributed by atoms with E-state index in [-0.39, 0.29) is 16.5 Å². The minimum absolute atomic E-state index is 0.0689. The van der Waals surface area contributed by atoms with Gasteiger partial charge in [0.15, 0.2) is 0 Å². The number of anilines is 1. The highest BCUT2D eigenvalue weighted by Gasteiger charge is 2.41. The van der Waals surface area contributed by atoms with Gasteiger partial charge in [-0.1, -0.05) is 41.9 Å². The molecule has 1 heterocycles. The van der Waals surface area contributed by atoms with Gasteiger partial charge in [-0.15, -0.1) is 11.8 Å². The molecule has 22 heavy (non-hydrogen) atoms. The number of rotatable bonds is 3. The molecule has 3 nitrogen and oxygen atoms in total. The Kier molecular flexibility index (Phi) is 4.32. The van der Waals surface area contributed by atoms with Crippen LogP contribution < -0.4 is 9.64 Å². The van der Waals surface area contributed by atoms with E-state index in [1.54, 1.807) is 23.8 Å². The highest BCUT2D eigenvalue weighted by molar-refractivity contribution is 8.01. The maximum absolute atomic E-state index is 12.7. The zero-order chi connectivity index (χ0) is 15.7. The Labute approximate surface area is 139 Å². The summed E-state index contributed by atoms with van der Waals surface area (Å²) in [6, 6.07) is 15.2. The van der Waals surface area contributed by atoms with Crippen molar-refractivity contribution in [3.8, 4) is 5.75 Å². The average molecular weight is 334 g/mol. The maximum Gasteiger partial charge on any atom is 0.241 e. The van der Waals surface area contributed by atoms with Crippen LogP contribution in [0.4, 0.5) is 5.69 Å². The van der Waals surface area contributed by atoms with Gasteiger partial charge in [-0.2, -0.15) is 0 Å². The largest absolute Gasteiger partial charge is 0.495 e. The van der Waals surface area contributed by atoms with E-state index in [1.165, 1.54) is 0 Å². The number of methoxy groups -OCH3 is 1. The minimum Gasteiger partial charge on any atom is -0.495 e. The van der Waals surface area contributed by atoms with Crippen LogP contribution in [0.25, 0.3) is 0 Å². The van der Waals surface area contributed by atoms with Crippen molar-refractivity contribution in [2.45, 2.75) is 17.5 Å². The van der Waals surface area contributed by atoms with E-state index in [0.717, 1.165) is 11.3 Å². The number of ether oxygens (including phenoxy) is 1. The van der Waals surface area contributed by atoms with Crippen LogP contribution in [-0.4, -0.2) is 18.3 Å². The van der Waals surface area contributed by atoms with E-state index in [1.807, 2.05) is 55.5 Å². The van der Waals surface area contributed by atoms with Crippen LogP contribution in [0, 0.1) is 0 Å². The summed E-state index contributed by atoms with van der Waals surface area (Å²) in [7, 11) is 1.61. The highest BCUT2D eigenvalue weighted by atomic mass is 35.5. The zero-order valence-corrected chi connectivity index (χ0v) is 13.9. The number of benzene rings is 2. The van der Waals surface area contributed by atoms with Crippen molar-refractivity contribution in [1.82, 2.24) is 0 Å². The summed E-state index contributed by atoms with van der Waals surface area (Å²) in [5.74, 6) is 0.752. The van der Waals surface area contributed by atoms with Crippen molar-refractivity contribution < 1.29 is 9.53 Å². The fraction of sp³-hybridized carbons (Fsp3) is 0.235. The van der Waals surface area contributed by atoms with Gasteiger partial charge in [0.1, 0.15) is 11.1 Å². The van der Waals surface area contributed by atoms with Crippen LogP contribution in [0.2, 0.25) is 5.02 Å². The molecule has 1 fully saturated rings. The molecule has 114 valence electrons. The Balaban J connectivity index is 2.10. The summed E-state index contributed by atoms with van der Waals surface area (Å²) in [6.07, 6.45) is 0. The number of thioether (sulfide) groups is 1. The lowest BCUT2D eigenvalue weighted by molar-refractivity contribution is -0.117. The van der Waals surface area contributed by atoms with Gasteiger partial charge >= 0.3 is 0 Å². The first-order valence-corrected chi connectivity index (χ1v) is 8.31. The smallest absolute Gasteiger partial charge is 0.241 e. The van der Waals surface area contributed by atoms with Crippen LogP contribution >= 0.6 is 23.4 Å². The molecular weight excluding hydrogens is 318 g/mol. The monoisotopic (exact) mass is 333 g/mol. The SMILES string of the molecule is COc1ccccc1N1C(=O)C(C)SC1c1ccccc1Cl. The van der Waals surface area contributed by atoms with Gasteiger partial charge in [-0.3, -0.25) is 9.69 Å². The van der Waals surface area contributed by atoms with Gasteiger partial charge in [0.25, 0.3) is 0 Å². The van der Waals surface area contributed by atoms with Gasteiger partial charge in [0.2, 0.25) is 5.91 Å². The molecule has 2 aromatic carbocycles. The molecule has 2 unspecified atom stereocenters. The number of nitrogens with zero attached hydrogens (tertiary/aromatic N) is 1. The molecule has 2 aromatic rings. The van der Waals surface area contributed by atoms with E-state index in [4.69, 9.17) is 16.3 Å². The molecule has 1 saturated heterocycles. The molecule has 0 saturated carbocycles. The molecular formula is C17H16ClNO2S. The minimum atomic E-state index is -0.146. The standard InChI is InChI=1S/C17H16ClNO2S/c1-11-16(20)19(14-9-5-6-10-15(14)21-2)17(22-11)12-7-3-4-8-13(12)18/h3-11,17H,1-2H3. The summed E-state index contributed by atoms with van der Waals surface area (Å²) >= 11 is 7.94. The van der Waals surface area contributed by atoms with Crippen LogP contribution in [0.3, 0.4) is 0 Å². The molecule has 1 amide bonds. The third kappa shape index (κ3) is 2.57. The number of halogens is 1. The van der Waals surface area contributed by atoms with E-state index in [9.17, 15) is 4.79 Å². The lowest BCUT2D eigenvalue weighted by atomic mass is 10.1. The predicted molar refractivity (Wildman–Crippen MR) is 91.7 cm³/mol. The fourth-order valence-corrected chi connectivity index (χ4v) is 4.20. The van der Waals surface area contributed by atoms with Crippen molar-refractivity contribution >= 4 is 35.0 Å². The summed E-state index contributed by atoms with van der Waals surface area (Å²) in [6.45, 7) is 1.92. The summed E-state index contributed by atoms with van der Waals surface area (Å²) in [5, 5.41) is 0.403. The molecule has 0 aliphatic carbocycles. The van der Waals surface area contributed by atoms with E-state index < -0.39 is 0 Å². The maximum atomic E-state index is 12.7. The normalized spacial score (nSPS) is 21.2. The molecule has 0 bridgehead atoms. The molecule has 2 atom stereocenters. The average Bonchev–Trinajstić information content (AvgIpc) is 2.83. The number of amides is 1. The number of para-hydroxylation sites is 2. The highest BCUT2D eigenvalue weighted by Crippen LogP contribution is 2.49. The van der Waals surface area contributed by atoms with Crippen LogP contribution in [0.1, 0.15) is 17.9 Å². The fourth-order valence-electron chi connectivity index (χ4n) is 2.59. The molecule has 0 aromatic heterocycles. The quantitative estimate of drug-likeness (QED) is 0.827. The van der Waals surface area contributed by atoms with Gasteiger partial charge < -0.3 is 4.74 Å². The third-order valence-electron chi connectivity index (χ3n) is 3.67. The Bertz CT molecular complexity index is 707. The van der Waals surface area contributed by atoms with E-state index in [0.29, 0.717) is 10.8 Å². The van der Waals surface area contributed by atoms with Gasteiger partial charge in [0, 0.05) is 10.6 Å². The predicted octanol–water partition coefficient (Wildman–Crippen LogP) is 4.52. The Morgan fingerprint density at radius 2 is 1.82 bits per heavy atom. The Morgan fingerprint density at radius 1 is 1.14 bits per heavy atom. The van der Waals surface area contributed by atoms with Gasteiger partial charge in [0.05, 0.1) is 18.0 Å². The molecule has 3 rings (SSSR count). The van der Waals surface area contributed by atoms with Crippen molar-refractivity contribution in [3.05, 3.63) is 59.1 Å². The summed E-state index contributed by atoms with van der Waals surface area (Å²) in [5.41, 5.74) is 1.72. The van der Waals surface area contributed by atoms with Gasteiger partial charge in [-0.05, 0) is 25.1 Å². The lowest BCUT2D eigenvalue weighted by Gasteiger charge is -2.26. The zero-order valence-electron chi connectivity index (χ0n) is 12.3. The molecule has 1 aliphatic heterocycles. The first-order chi connectivity index (χ1) is 10.6. The second-order valence-electron chi connectivity index (χ2n) is 5.03. The van der Waals surface area contributed by atoms with E-state index >= 15 is 0 Å². The first kappa shape index (κ1) is 15.3. The van der Waals surface area contributed by atoms with Crippen LogP contribution in [0.5, 0.6) is 5.75 Å². The van der Waals surface area contributed by atoms with Gasteiger partial charge in [-0.25, -0.2) is 0 Å². The second kappa shape index (κ2) is 6.23. The third-order valence-corrected chi connectivity index (χ3v) is 5.35. The topological polar surface area (TPSA) is 29.5 Å². The lowest BCUT2D eigenvalue weighted by Crippen LogP contribution is -2.30. The van der Waals surface area contributed by atoms with Crippen molar-refractivity contribution in [2.75, 3.05) is 12.0 Å². The summed E-state index contributed by atoms with van der Waals surface area (Å²) in [4.78, 5) is 14.5. The first-order valence-electron chi connectivity index (χ1n) is 6.99. The Morgan fingerprint density at radius 3 is 2.55 bits per heavy atom. The molecule has 0 radical (unpaired) electrons. The van der Waals surface area contributed by atoms with Crippen molar-refractivity contribution in [3.63, 3.8) is 0 Å². The molecule has 5 heteroatoms. The molecule has 0 spiro atoms. The van der Waals surface area contributed by atoms with Crippen molar-refractivity contribution in [1.29, 1.82) is 0 Å². The second-order valence-corrected chi connectivity index (χ2v) is 6.87. The number of hydrogen-bond donors (Lipinski definition) is 0. The molecule has 1 aliphatic rings. The number of carbonyl (C=O) groups is 1.